The van der Waals surface area contributed by atoms with Crippen molar-refractivity contribution in [3.8, 4) is 11.8 Å². The predicted octanol–water partition coefficient (Wildman–Crippen LogP) is 3.24. The van der Waals surface area contributed by atoms with Crippen LogP contribution in [0.15, 0.2) is 24.3 Å². The van der Waals surface area contributed by atoms with E-state index in [1.165, 1.54) is 18.2 Å². The number of nitrogens with zero attached hydrogens (tertiary/aromatic N) is 1. The molecule has 112 valence electrons. The molecule has 0 unspecified atom stereocenters. The first-order valence-corrected chi connectivity index (χ1v) is 6.84. The van der Waals surface area contributed by atoms with Gasteiger partial charge < -0.3 is 10.1 Å². The van der Waals surface area contributed by atoms with Crippen LogP contribution in [0.1, 0.15) is 42.5 Å². The van der Waals surface area contributed by atoms with E-state index >= 15 is 0 Å². The highest BCUT2D eigenvalue weighted by Crippen LogP contribution is 2.29. The second-order valence-electron chi connectivity index (χ2n) is 5.08. The van der Waals surface area contributed by atoms with Crippen LogP contribution < -0.4 is 10.1 Å². The Bertz CT molecular complexity index is 549. The van der Waals surface area contributed by atoms with E-state index in [2.05, 4.69) is 16.1 Å². The Kier molecular flexibility index (Phi) is 4.73. The van der Waals surface area contributed by atoms with Gasteiger partial charge in [-0.1, -0.05) is 31.4 Å². The standard InChI is InChI=1S/C15H16F2N2O2/c16-14(17)21-12-7-3-2-6-11(12)13(20)19-15(10-18)8-4-1-5-9-15/h2-3,6-7,14H,1,4-5,8-9H2,(H,19,20). The number of hydrogen-bond acceptors (Lipinski definition) is 3. The Morgan fingerprint density at radius 1 is 1.29 bits per heavy atom. The Hall–Kier alpha value is -2.16. The van der Waals surface area contributed by atoms with Crippen molar-refractivity contribution in [2.24, 2.45) is 0 Å². The Labute approximate surface area is 121 Å². The first-order chi connectivity index (χ1) is 10.1. The van der Waals surface area contributed by atoms with Gasteiger partial charge in [0.1, 0.15) is 11.3 Å². The number of nitrogens with one attached hydrogen (secondary N) is 1. The lowest BCUT2D eigenvalue weighted by Crippen LogP contribution is -2.48. The molecule has 1 fully saturated rings. The zero-order valence-electron chi connectivity index (χ0n) is 11.4. The van der Waals surface area contributed by atoms with Crippen LogP contribution in [0.3, 0.4) is 0 Å². The molecule has 0 aromatic heterocycles. The predicted molar refractivity (Wildman–Crippen MR) is 72.0 cm³/mol. The van der Waals surface area contributed by atoms with Gasteiger partial charge >= 0.3 is 6.61 Å². The first-order valence-electron chi connectivity index (χ1n) is 6.84. The van der Waals surface area contributed by atoms with Gasteiger partial charge in [0.15, 0.2) is 0 Å². The largest absolute Gasteiger partial charge is 0.434 e. The van der Waals surface area contributed by atoms with E-state index in [-0.39, 0.29) is 11.3 Å². The van der Waals surface area contributed by atoms with Crippen molar-refractivity contribution in [1.29, 1.82) is 5.26 Å². The van der Waals surface area contributed by atoms with Crippen LogP contribution in [0.4, 0.5) is 8.78 Å². The van der Waals surface area contributed by atoms with Gasteiger partial charge in [0.2, 0.25) is 0 Å². The molecule has 1 amide bonds. The summed E-state index contributed by atoms with van der Waals surface area (Å²) in [5.41, 5.74) is -0.897. The summed E-state index contributed by atoms with van der Waals surface area (Å²) in [6.45, 7) is -3.00. The number of hydrogen-bond donors (Lipinski definition) is 1. The van der Waals surface area contributed by atoms with Gasteiger partial charge in [-0.25, -0.2) is 0 Å². The summed E-state index contributed by atoms with van der Waals surface area (Å²) in [6.07, 6.45) is 3.91. The van der Waals surface area contributed by atoms with Gasteiger partial charge in [-0.05, 0) is 25.0 Å². The lowest BCUT2D eigenvalue weighted by molar-refractivity contribution is -0.0501. The van der Waals surface area contributed by atoms with Gasteiger partial charge in [0.25, 0.3) is 5.91 Å². The van der Waals surface area contributed by atoms with Crippen LogP contribution >= 0.6 is 0 Å². The third kappa shape index (κ3) is 3.69. The summed E-state index contributed by atoms with van der Waals surface area (Å²) < 4.78 is 29.1. The van der Waals surface area contributed by atoms with Crippen molar-refractivity contribution in [2.45, 2.75) is 44.3 Å². The minimum absolute atomic E-state index is 0.0120. The smallest absolute Gasteiger partial charge is 0.387 e. The molecule has 0 radical (unpaired) electrons. The zero-order valence-corrected chi connectivity index (χ0v) is 11.4. The molecule has 1 aliphatic carbocycles. The molecule has 0 heterocycles. The molecule has 1 aliphatic rings. The lowest BCUT2D eigenvalue weighted by Gasteiger charge is -2.31. The highest BCUT2D eigenvalue weighted by Gasteiger charge is 2.34. The van der Waals surface area contributed by atoms with Gasteiger partial charge in [0, 0.05) is 0 Å². The third-order valence-corrected chi connectivity index (χ3v) is 3.62. The van der Waals surface area contributed by atoms with Gasteiger partial charge in [-0.15, -0.1) is 0 Å². The summed E-state index contributed by atoms with van der Waals surface area (Å²) in [5, 5.41) is 12.0. The molecule has 0 aliphatic heterocycles. The number of rotatable bonds is 4. The maximum absolute atomic E-state index is 12.4. The first kappa shape index (κ1) is 15.2. The number of halogens is 2. The molecular formula is C15H16F2N2O2. The van der Waals surface area contributed by atoms with Crippen molar-refractivity contribution in [3.05, 3.63) is 29.8 Å². The average Bonchev–Trinajstić information content (AvgIpc) is 2.48. The number of alkyl halides is 2. The van der Waals surface area contributed by atoms with E-state index in [1.54, 1.807) is 6.07 Å². The number of nitriles is 1. The second-order valence-corrected chi connectivity index (χ2v) is 5.08. The number of amides is 1. The molecule has 0 bridgehead atoms. The fourth-order valence-electron chi connectivity index (χ4n) is 2.56. The molecular weight excluding hydrogens is 278 g/mol. The van der Waals surface area contributed by atoms with Gasteiger partial charge in [-0.3, -0.25) is 4.79 Å². The van der Waals surface area contributed by atoms with Crippen LogP contribution in [-0.4, -0.2) is 18.1 Å². The third-order valence-electron chi connectivity index (χ3n) is 3.62. The number of para-hydroxylation sites is 1. The van der Waals surface area contributed by atoms with E-state index < -0.39 is 18.1 Å². The van der Waals surface area contributed by atoms with E-state index in [9.17, 15) is 18.8 Å². The van der Waals surface area contributed by atoms with Crippen molar-refractivity contribution in [1.82, 2.24) is 5.32 Å². The van der Waals surface area contributed by atoms with Crippen LogP contribution in [0.2, 0.25) is 0 Å². The summed E-state index contributed by atoms with van der Waals surface area (Å²) in [4.78, 5) is 12.3. The van der Waals surface area contributed by atoms with Crippen molar-refractivity contribution in [2.75, 3.05) is 0 Å². The van der Waals surface area contributed by atoms with Gasteiger partial charge in [0.05, 0.1) is 11.6 Å². The summed E-state index contributed by atoms with van der Waals surface area (Å²) in [6, 6.07) is 7.94. The summed E-state index contributed by atoms with van der Waals surface area (Å²) in [5.74, 6) is -0.747. The molecule has 21 heavy (non-hydrogen) atoms. The number of benzene rings is 1. The zero-order chi connectivity index (χ0) is 15.3. The molecule has 0 spiro atoms. The highest BCUT2D eigenvalue weighted by molar-refractivity contribution is 5.97. The number of ether oxygens (including phenoxy) is 1. The maximum Gasteiger partial charge on any atom is 0.387 e. The average molecular weight is 294 g/mol. The molecule has 0 atom stereocenters. The van der Waals surface area contributed by atoms with Crippen LogP contribution in [0, 0.1) is 11.3 Å². The molecule has 1 N–H and O–H groups in total. The van der Waals surface area contributed by atoms with E-state index in [4.69, 9.17) is 0 Å². The number of carbonyl (C=O) groups excluding carboxylic acids is 1. The molecule has 4 nitrogen and oxygen atoms in total. The highest BCUT2D eigenvalue weighted by atomic mass is 19.3. The Morgan fingerprint density at radius 3 is 2.57 bits per heavy atom. The summed E-state index contributed by atoms with van der Waals surface area (Å²) >= 11 is 0. The number of carbonyl (C=O) groups is 1. The van der Waals surface area contributed by atoms with Crippen molar-refractivity contribution in [3.63, 3.8) is 0 Å². The summed E-state index contributed by atoms with van der Waals surface area (Å²) in [7, 11) is 0. The SMILES string of the molecule is N#CC1(NC(=O)c2ccccc2OC(F)F)CCCCC1. The maximum atomic E-state index is 12.4. The quantitative estimate of drug-likeness (QED) is 0.927. The molecule has 0 saturated heterocycles. The second kappa shape index (κ2) is 6.53. The van der Waals surface area contributed by atoms with Crippen molar-refractivity contribution < 1.29 is 18.3 Å². The van der Waals surface area contributed by atoms with Crippen LogP contribution in [-0.2, 0) is 0 Å². The van der Waals surface area contributed by atoms with E-state index in [1.807, 2.05) is 0 Å². The van der Waals surface area contributed by atoms with Crippen molar-refractivity contribution >= 4 is 5.91 Å². The normalized spacial score (nSPS) is 17.0. The molecule has 1 aromatic rings. The Balaban J connectivity index is 2.18. The van der Waals surface area contributed by atoms with Crippen LogP contribution in [0.5, 0.6) is 5.75 Å². The van der Waals surface area contributed by atoms with Gasteiger partial charge in [-0.2, -0.15) is 14.0 Å². The molecule has 1 aromatic carbocycles. The molecule has 2 rings (SSSR count). The van der Waals surface area contributed by atoms with E-state index in [0.717, 1.165) is 19.3 Å². The fourth-order valence-corrected chi connectivity index (χ4v) is 2.56. The van der Waals surface area contributed by atoms with E-state index in [0.29, 0.717) is 12.8 Å². The minimum Gasteiger partial charge on any atom is -0.434 e. The van der Waals surface area contributed by atoms with Crippen LogP contribution in [0.25, 0.3) is 0 Å². The topological polar surface area (TPSA) is 62.1 Å². The fraction of sp³-hybridized carbons (Fsp3) is 0.467. The monoisotopic (exact) mass is 294 g/mol. The molecule has 6 heteroatoms. The minimum atomic E-state index is -3.00. The molecule has 1 saturated carbocycles. The Morgan fingerprint density at radius 2 is 1.95 bits per heavy atom. The lowest BCUT2D eigenvalue weighted by atomic mass is 9.82.